The van der Waals surface area contributed by atoms with Crippen LogP contribution in [0.25, 0.3) is 0 Å². The second kappa shape index (κ2) is 4.85. The molecule has 0 spiro atoms. The standard InChI is InChI=1S/C12H11N3O3S/c1-7-14-15-12(19-7)13-11(16)10-6-17-8-4-2-3-5-9(8)18-10/h2-5,10H,6H2,1H3,(H,13,15,16)/t10-/m0/s1. The van der Waals surface area contributed by atoms with E-state index in [0.717, 1.165) is 5.01 Å². The number of benzene rings is 1. The summed E-state index contributed by atoms with van der Waals surface area (Å²) in [5.74, 6) is 0.936. The van der Waals surface area contributed by atoms with Crippen LogP contribution in [-0.2, 0) is 4.79 Å². The predicted molar refractivity (Wildman–Crippen MR) is 69.6 cm³/mol. The molecule has 1 aromatic carbocycles. The number of amides is 1. The third kappa shape index (κ3) is 2.50. The highest BCUT2D eigenvalue weighted by molar-refractivity contribution is 7.15. The number of rotatable bonds is 2. The van der Waals surface area contributed by atoms with Gasteiger partial charge in [0.15, 0.2) is 11.5 Å². The highest BCUT2D eigenvalue weighted by atomic mass is 32.1. The number of nitrogens with one attached hydrogen (secondary N) is 1. The molecule has 1 atom stereocenters. The number of carbonyl (C=O) groups is 1. The van der Waals surface area contributed by atoms with E-state index >= 15 is 0 Å². The molecule has 1 aliphatic rings. The van der Waals surface area contributed by atoms with Crippen molar-refractivity contribution in [2.45, 2.75) is 13.0 Å². The van der Waals surface area contributed by atoms with Crippen LogP contribution in [0.2, 0.25) is 0 Å². The first-order valence-corrected chi connectivity index (χ1v) is 6.53. The maximum atomic E-state index is 12.0. The molecule has 7 heteroatoms. The van der Waals surface area contributed by atoms with E-state index in [9.17, 15) is 4.79 Å². The first-order valence-electron chi connectivity index (χ1n) is 5.72. The molecule has 2 heterocycles. The fraction of sp³-hybridized carbons (Fsp3) is 0.250. The fourth-order valence-corrected chi connectivity index (χ4v) is 2.28. The van der Waals surface area contributed by atoms with Gasteiger partial charge in [-0.1, -0.05) is 23.5 Å². The maximum absolute atomic E-state index is 12.0. The van der Waals surface area contributed by atoms with Gasteiger partial charge in [-0.2, -0.15) is 0 Å². The van der Waals surface area contributed by atoms with Crippen molar-refractivity contribution in [3.8, 4) is 11.5 Å². The zero-order valence-corrected chi connectivity index (χ0v) is 10.9. The summed E-state index contributed by atoms with van der Waals surface area (Å²) >= 11 is 1.32. The molecule has 19 heavy (non-hydrogen) atoms. The van der Waals surface area contributed by atoms with E-state index in [0.29, 0.717) is 16.6 Å². The van der Waals surface area contributed by atoms with Crippen molar-refractivity contribution in [3.63, 3.8) is 0 Å². The van der Waals surface area contributed by atoms with Gasteiger partial charge >= 0.3 is 0 Å². The Bertz CT molecular complexity index is 614. The Labute approximate surface area is 113 Å². The number of para-hydroxylation sites is 2. The number of aromatic nitrogens is 2. The number of carbonyl (C=O) groups excluding carboxylic acids is 1. The van der Waals surface area contributed by atoms with Crippen LogP contribution >= 0.6 is 11.3 Å². The number of ether oxygens (including phenoxy) is 2. The summed E-state index contributed by atoms with van der Waals surface area (Å²) < 4.78 is 11.1. The minimum Gasteiger partial charge on any atom is -0.485 e. The molecule has 1 amide bonds. The van der Waals surface area contributed by atoms with Gasteiger partial charge < -0.3 is 9.47 Å². The van der Waals surface area contributed by atoms with Gasteiger partial charge in [0.1, 0.15) is 11.6 Å². The number of hydrogen-bond donors (Lipinski definition) is 1. The average molecular weight is 277 g/mol. The summed E-state index contributed by atoms with van der Waals surface area (Å²) in [6.07, 6.45) is -0.681. The van der Waals surface area contributed by atoms with Crippen molar-refractivity contribution in [1.29, 1.82) is 0 Å². The lowest BCUT2D eigenvalue weighted by Crippen LogP contribution is -2.40. The first-order chi connectivity index (χ1) is 9.22. The van der Waals surface area contributed by atoms with Gasteiger partial charge in [0.05, 0.1) is 0 Å². The molecule has 0 saturated heterocycles. The van der Waals surface area contributed by atoms with Crippen molar-refractivity contribution in [2.24, 2.45) is 0 Å². The SMILES string of the molecule is Cc1nnc(NC(=O)[C@@H]2COc3ccccc3O2)s1. The molecule has 0 fully saturated rings. The minimum absolute atomic E-state index is 0.181. The summed E-state index contributed by atoms with van der Waals surface area (Å²) in [4.78, 5) is 12.0. The highest BCUT2D eigenvalue weighted by Gasteiger charge is 2.27. The van der Waals surface area contributed by atoms with Crippen LogP contribution in [-0.4, -0.2) is 28.8 Å². The van der Waals surface area contributed by atoms with E-state index in [1.54, 1.807) is 12.1 Å². The summed E-state index contributed by atoms with van der Waals surface area (Å²) in [7, 11) is 0. The Hall–Kier alpha value is -2.15. The molecule has 3 rings (SSSR count). The predicted octanol–water partition coefficient (Wildman–Crippen LogP) is 1.63. The zero-order valence-electron chi connectivity index (χ0n) is 10.1. The molecule has 0 radical (unpaired) electrons. The van der Waals surface area contributed by atoms with Crippen LogP contribution in [0.1, 0.15) is 5.01 Å². The minimum atomic E-state index is -0.681. The average Bonchev–Trinajstić information content (AvgIpc) is 2.83. The number of aryl methyl sites for hydroxylation is 1. The van der Waals surface area contributed by atoms with Crippen molar-refractivity contribution >= 4 is 22.4 Å². The quantitative estimate of drug-likeness (QED) is 0.903. The van der Waals surface area contributed by atoms with Crippen LogP contribution in [0.5, 0.6) is 11.5 Å². The molecule has 1 aliphatic heterocycles. The fourth-order valence-electron chi connectivity index (χ4n) is 1.68. The summed E-state index contributed by atoms with van der Waals surface area (Å²) in [6, 6.07) is 7.25. The van der Waals surface area contributed by atoms with E-state index < -0.39 is 6.10 Å². The summed E-state index contributed by atoms with van der Waals surface area (Å²) in [6.45, 7) is 2.00. The van der Waals surface area contributed by atoms with E-state index in [2.05, 4.69) is 15.5 Å². The molecule has 1 aromatic heterocycles. The largest absolute Gasteiger partial charge is 0.485 e. The van der Waals surface area contributed by atoms with Crippen LogP contribution < -0.4 is 14.8 Å². The van der Waals surface area contributed by atoms with Gasteiger partial charge in [-0.3, -0.25) is 10.1 Å². The van der Waals surface area contributed by atoms with Gasteiger partial charge in [-0.05, 0) is 19.1 Å². The topological polar surface area (TPSA) is 73.3 Å². The lowest BCUT2D eigenvalue weighted by Gasteiger charge is -2.25. The molecule has 6 nitrogen and oxygen atoms in total. The van der Waals surface area contributed by atoms with Crippen molar-refractivity contribution in [2.75, 3.05) is 11.9 Å². The highest BCUT2D eigenvalue weighted by Crippen LogP contribution is 2.31. The zero-order chi connectivity index (χ0) is 13.2. The van der Waals surface area contributed by atoms with E-state index in [1.807, 2.05) is 19.1 Å². The summed E-state index contributed by atoms with van der Waals surface area (Å²) in [5, 5.41) is 11.6. The van der Waals surface area contributed by atoms with E-state index in [1.165, 1.54) is 11.3 Å². The Morgan fingerprint density at radius 1 is 1.37 bits per heavy atom. The Balaban J connectivity index is 1.69. The Morgan fingerprint density at radius 3 is 2.89 bits per heavy atom. The van der Waals surface area contributed by atoms with Crippen LogP contribution in [0.15, 0.2) is 24.3 Å². The number of hydrogen-bond acceptors (Lipinski definition) is 6. The lowest BCUT2D eigenvalue weighted by molar-refractivity contribution is -0.125. The molecule has 0 aliphatic carbocycles. The second-order valence-corrected chi connectivity index (χ2v) is 5.16. The van der Waals surface area contributed by atoms with Crippen molar-refractivity contribution < 1.29 is 14.3 Å². The van der Waals surface area contributed by atoms with Gasteiger partial charge in [0.2, 0.25) is 11.2 Å². The van der Waals surface area contributed by atoms with Gasteiger partial charge in [0, 0.05) is 0 Å². The Kier molecular flexibility index (Phi) is 3.04. The molecule has 0 unspecified atom stereocenters. The van der Waals surface area contributed by atoms with Crippen LogP contribution in [0, 0.1) is 6.92 Å². The van der Waals surface area contributed by atoms with E-state index in [4.69, 9.17) is 9.47 Å². The third-order valence-corrected chi connectivity index (χ3v) is 3.31. The molecule has 1 N–H and O–H groups in total. The van der Waals surface area contributed by atoms with Gasteiger partial charge in [-0.15, -0.1) is 10.2 Å². The lowest BCUT2D eigenvalue weighted by atomic mass is 10.2. The monoisotopic (exact) mass is 277 g/mol. The number of nitrogens with zero attached hydrogens (tertiary/aromatic N) is 2. The molecule has 2 aromatic rings. The molecular formula is C12H11N3O3S. The van der Waals surface area contributed by atoms with E-state index in [-0.39, 0.29) is 12.5 Å². The third-order valence-electron chi connectivity index (χ3n) is 2.56. The van der Waals surface area contributed by atoms with Crippen LogP contribution in [0.3, 0.4) is 0 Å². The van der Waals surface area contributed by atoms with Crippen molar-refractivity contribution in [1.82, 2.24) is 10.2 Å². The van der Waals surface area contributed by atoms with Gasteiger partial charge in [0.25, 0.3) is 5.91 Å². The maximum Gasteiger partial charge on any atom is 0.270 e. The van der Waals surface area contributed by atoms with Crippen LogP contribution in [0.4, 0.5) is 5.13 Å². The normalized spacial score (nSPS) is 17.0. The molecule has 98 valence electrons. The van der Waals surface area contributed by atoms with Gasteiger partial charge in [-0.25, -0.2) is 0 Å². The number of fused-ring (bicyclic) bond motifs is 1. The Morgan fingerprint density at radius 2 is 2.16 bits per heavy atom. The second-order valence-electron chi connectivity index (χ2n) is 3.98. The number of anilines is 1. The molecule has 0 saturated carbocycles. The molecule has 0 bridgehead atoms. The summed E-state index contributed by atoms with van der Waals surface area (Å²) in [5.41, 5.74) is 0. The molecular weight excluding hydrogens is 266 g/mol. The van der Waals surface area contributed by atoms with Crippen molar-refractivity contribution in [3.05, 3.63) is 29.3 Å². The smallest absolute Gasteiger partial charge is 0.270 e. The first kappa shape index (κ1) is 11.9.